The number of anilines is 1. The van der Waals surface area contributed by atoms with Crippen LogP contribution in [0, 0.1) is 0 Å². The highest BCUT2D eigenvalue weighted by atomic mass is 32.1. The van der Waals surface area contributed by atoms with Crippen LogP contribution in [0.3, 0.4) is 0 Å². The lowest BCUT2D eigenvalue weighted by molar-refractivity contribution is 0.275. The van der Waals surface area contributed by atoms with Crippen LogP contribution in [0.2, 0.25) is 0 Å². The van der Waals surface area contributed by atoms with Crippen LogP contribution in [0.5, 0.6) is 5.75 Å². The van der Waals surface area contributed by atoms with E-state index in [4.69, 9.17) is 4.74 Å². The number of methoxy groups -OCH3 is 1. The molecule has 3 rings (SSSR count). The van der Waals surface area contributed by atoms with Crippen LogP contribution in [-0.4, -0.2) is 31.4 Å². The lowest BCUT2D eigenvalue weighted by Crippen LogP contribution is -2.48. The number of alkyl halides is 1. The fourth-order valence-corrected chi connectivity index (χ4v) is 2.79. The fourth-order valence-electron chi connectivity index (χ4n) is 1.79. The Morgan fingerprint density at radius 1 is 1.50 bits per heavy atom. The molecule has 0 unspecified atom stereocenters. The number of nitrogens with zero attached hydrogens (tertiary/aromatic N) is 2. The predicted molar refractivity (Wildman–Crippen MR) is 63.3 cm³/mol. The molecule has 0 atom stereocenters. The normalized spacial score (nSPS) is 16.5. The van der Waals surface area contributed by atoms with Crippen LogP contribution < -0.4 is 9.64 Å². The average Bonchev–Trinajstić information content (AvgIpc) is 2.67. The third kappa shape index (κ3) is 1.43. The van der Waals surface area contributed by atoms with Crippen LogP contribution in [-0.2, 0) is 0 Å². The quantitative estimate of drug-likeness (QED) is 0.803. The summed E-state index contributed by atoms with van der Waals surface area (Å²) in [6.07, 6.45) is -0.700. The average molecular weight is 238 g/mol. The molecule has 84 valence electrons. The summed E-state index contributed by atoms with van der Waals surface area (Å²) in [7, 11) is 1.63. The molecule has 1 aromatic heterocycles. The first-order valence-electron chi connectivity index (χ1n) is 5.10. The Labute approximate surface area is 96.5 Å². The number of aromatic nitrogens is 1. The van der Waals surface area contributed by atoms with Crippen LogP contribution in [0.25, 0.3) is 10.2 Å². The van der Waals surface area contributed by atoms with Gasteiger partial charge >= 0.3 is 0 Å². The van der Waals surface area contributed by atoms with Crippen molar-refractivity contribution in [2.75, 3.05) is 25.1 Å². The van der Waals surface area contributed by atoms with Crippen LogP contribution in [0.1, 0.15) is 0 Å². The second-order valence-electron chi connectivity index (χ2n) is 3.81. The van der Waals surface area contributed by atoms with Gasteiger partial charge in [-0.1, -0.05) is 17.4 Å². The standard InChI is InChI=1S/C11H11FN2OS/c1-15-8-3-2-4-9-10(8)13-11(16-9)14-5-7(12)6-14/h2-4,7H,5-6H2,1H3. The minimum atomic E-state index is -0.700. The second-order valence-corrected chi connectivity index (χ2v) is 4.81. The van der Waals surface area contributed by atoms with Gasteiger partial charge in [-0.25, -0.2) is 9.37 Å². The number of halogens is 1. The minimum Gasteiger partial charge on any atom is -0.494 e. The second kappa shape index (κ2) is 3.59. The molecule has 1 fully saturated rings. The van der Waals surface area contributed by atoms with Gasteiger partial charge in [-0.3, -0.25) is 0 Å². The van der Waals surface area contributed by atoms with Crippen molar-refractivity contribution in [2.24, 2.45) is 0 Å². The first-order valence-corrected chi connectivity index (χ1v) is 5.92. The van der Waals surface area contributed by atoms with Gasteiger partial charge in [0.2, 0.25) is 0 Å². The van der Waals surface area contributed by atoms with Crippen molar-refractivity contribution in [3.8, 4) is 5.75 Å². The molecule has 16 heavy (non-hydrogen) atoms. The Morgan fingerprint density at radius 3 is 3.00 bits per heavy atom. The lowest BCUT2D eigenvalue weighted by Gasteiger charge is -2.33. The molecule has 1 saturated heterocycles. The molecule has 1 aliphatic heterocycles. The van der Waals surface area contributed by atoms with Crippen molar-refractivity contribution in [3.63, 3.8) is 0 Å². The molecule has 0 saturated carbocycles. The number of ether oxygens (including phenoxy) is 1. The topological polar surface area (TPSA) is 25.4 Å². The SMILES string of the molecule is COc1cccc2sc(N3CC(F)C3)nc12. The molecule has 0 aliphatic carbocycles. The van der Waals surface area contributed by atoms with Crippen molar-refractivity contribution in [3.05, 3.63) is 18.2 Å². The maximum absolute atomic E-state index is 12.8. The van der Waals surface area contributed by atoms with E-state index in [1.807, 2.05) is 23.1 Å². The molecule has 1 aromatic carbocycles. The van der Waals surface area contributed by atoms with E-state index in [-0.39, 0.29) is 0 Å². The number of hydrogen-bond acceptors (Lipinski definition) is 4. The molecule has 0 amide bonds. The van der Waals surface area contributed by atoms with Crippen molar-refractivity contribution >= 4 is 26.7 Å². The molecule has 0 radical (unpaired) electrons. The zero-order valence-electron chi connectivity index (χ0n) is 8.81. The van der Waals surface area contributed by atoms with Gasteiger partial charge in [0.05, 0.1) is 24.9 Å². The Kier molecular flexibility index (Phi) is 2.21. The summed E-state index contributed by atoms with van der Waals surface area (Å²) in [5, 5.41) is 0.883. The van der Waals surface area contributed by atoms with Crippen molar-refractivity contribution in [1.82, 2.24) is 4.98 Å². The molecule has 5 heteroatoms. The summed E-state index contributed by atoms with van der Waals surface area (Å²) in [5.41, 5.74) is 0.868. The highest BCUT2D eigenvalue weighted by Gasteiger charge is 2.28. The van der Waals surface area contributed by atoms with E-state index < -0.39 is 6.17 Å². The van der Waals surface area contributed by atoms with E-state index in [0.717, 1.165) is 21.1 Å². The van der Waals surface area contributed by atoms with Crippen LogP contribution in [0.15, 0.2) is 18.2 Å². The minimum absolute atomic E-state index is 0.460. The number of rotatable bonds is 2. The first-order chi connectivity index (χ1) is 7.78. The molecule has 0 spiro atoms. The van der Waals surface area contributed by atoms with Gasteiger partial charge in [-0.05, 0) is 12.1 Å². The van der Waals surface area contributed by atoms with Crippen LogP contribution >= 0.6 is 11.3 Å². The Morgan fingerprint density at radius 2 is 2.31 bits per heavy atom. The summed E-state index contributed by atoms with van der Waals surface area (Å²) >= 11 is 1.58. The van der Waals surface area contributed by atoms with Gasteiger partial charge in [0.15, 0.2) is 5.13 Å². The Balaban J connectivity index is 2.02. The predicted octanol–water partition coefficient (Wildman–Crippen LogP) is 2.46. The van der Waals surface area contributed by atoms with Gasteiger partial charge < -0.3 is 9.64 Å². The van der Waals surface area contributed by atoms with Crippen molar-refractivity contribution in [1.29, 1.82) is 0 Å². The summed E-state index contributed by atoms with van der Waals surface area (Å²) in [4.78, 5) is 6.45. The van der Waals surface area contributed by atoms with E-state index in [1.54, 1.807) is 18.4 Å². The Bertz CT molecular complexity index is 522. The molecule has 0 bridgehead atoms. The maximum atomic E-state index is 12.8. The van der Waals surface area contributed by atoms with Gasteiger partial charge in [0.1, 0.15) is 17.4 Å². The summed E-state index contributed by atoms with van der Waals surface area (Å²) < 4.78 is 19.1. The van der Waals surface area contributed by atoms with E-state index in [0.29, 0.717) is 13.1 Å². The van der Waals surface area contributed by atoms with Gasteiger partial charge in [0.25, 0.3) is 0 Å². The molecular weight excluding hydrogens is 227 g/mol. The number of fused-ring (bicyclic) bond motifs is 1. The molecule has 1 aliphatic rings. The lowest BCUT2D eigenvalue weighted by atomic mass is 10.2. The number of para-hydroxylation sites is 1. The molecule has 0 N–H and O–H groups in total. The van der Waals surface area contributed by atoms with Crippen LogP contribution in [0.4, 0.5) is 9.52 Å². The highest BCUT2D eigenvalue weighted by molar-refractivity contribution is 7.22. The van der Waals surface area contributed by atoms with E-state index >= 15 is 0 Å². The van der Waals surface area contributed by atoms with Gasteiger partial charge in [0, 0.05) is 0 Å². The zero-order valence-corrected chi connectivity index (χ0v) is 9.63. The zero-order chi connectivity index (χ0) is 11.1. The summed E-state index contributed by atoms with van der Waals surface area (Å²) in [6.45, 7) is 0.921. The van der Waals surface area contributed by atoms with Gasteiger partial charge in [-0.15, -0.1) is 0 Å². The van der Waals surface area contributed by atoms with E-state index in [1.165, 1.54) is 0 Å². The number of benzene rings is 1. The number of hydrogen-bond donors (Lipinski definition) is 0. The van der Waals surface area contributed by atoms with E-state index in [9.17, 15) is 4.39 Å². The Hall–Kier alpha value is -1.36. The molecule has 2 heterocycles. The third-order valence-corrected chi connectivity index (χ3v) is 3.78. The summed E-state index contributed by atoms with van der Waals surface area (Å²) in [6, 6.07) is 5.84. The number of thiazole rings is 1. The molecule has 3 nitrogen and oxygen atoms in total. The highest BCUT2D eigenvalue weighted by Crippen LogP contribution is 2.35. The monoisotopic (exact) mass is 238 g/mol. The summed E-state index contributed by atoms with van der Waals surface area (Å²) in [5.74, 6) is 0.775. The van der Waals surface area contributed by atoms with Gasteiger partial charge in [-0.2, -0.15) is 0 Å². The smallest absolute Gasteiger partial charge is 0.186 e. The molecule has 2 aromatic rings. The van der Waals surface area contributed by atoms with E-state index in [2.05, 4.69) is 4.98 Å². The molecular formula is C11H11FN2OS. The van der Waals surface area contributed by atoms with Crippen molar-refractivity contribution in [2.45, 2.75) is 6.17 Å². The largest absolute Gasteiger partial charge is 0.494 e. The maximum Gasteiger partial charge on any atom is 0.186 e. The fraction of sp³-hybridized carbons (Fsp3) is 0.364. The first kappa shape index (κ1) is 9.84. The third-order valence-electron chi connectivity index (χ3n) is 2.70. The van der Waals surface area contributed by atoms with Crippen molar-refractivity contribution < 1.29 is 9.13 Å².